The maximum atomic E-state index is 12.7. The summed E-state index contributed by atoms with van der Waals surface area (Å²) in [6.07, 6.45) is 3.46. The van der Waals surface area contributed by atoms with E-state index in [9.17, 15) is 14.4 Å². The molecule has 4 amide bonds. The van der Waals surface area contributed by atoms with Gasteiger partial charge in [-0.15, -0.1) is 0 Å². The van der Waals surface area contributed by atoms with Crippen molar-refractivity contribution in [1.29, 1.82) is 0 Å². The van der Waals surface area contributed by atoms with Crippen LogP contribution in [0.2, 0.25) is 0 Å². The molecule has 12 nitrogen and oxygen atoms in total. The first kappa shape index (κ1) is 32.8. The first-order valence-corrected chi connectivity index (χ1v) is 18.1. The predicted molar refractivity (Wildman–Crippen MR) is 200 cm³/mol. The zero-order valence-corrected chi connectivity index (χ0v) is 29.1. The molecule has 4 aliphatic rings. The van der Waals surface area contributed by atoms with Gasteiger partial charge in [0.1, 0.15) is 17.1 Å². The van der Waals surface area contributed by atoms with Crippen LogP contribution in [0.15, 0.2) is 66.7 Å². The van der Waals surface area contributed by atoms with Crippen molar-refractivity contribution in [3.8, 4) is 11.3 Å². The van der Waals surface area contributed by atoms with E-state index in [0.29, 0.717) is 42.5 Å². The molecule has 0 saturated carbocycles. The summed E-state index contributed by atoms with van der Waals surface area (Å²) in [7, 11) is 0. The van der Waals surface area contributed by atoms with Crippen molar-refractivity contribution in [3.63, 3.8) is 0 Å². The van der Waals surface area contributed by atoms with Gasteiger partial charge in [-0.3, -0.25) is 24.7 Å². The van der Waals surface area contributed by atoms with Crippen LogP contribution in [0.1, 0.15) is 40.7 Å². The maximum absolute atomic E-state index is 12.7. The highest BCUT2D eigenvalue weighted by molar-refractivity contribution is 6.06. The standard InChI is InChI=1S/C39H45N9O3/c1-26-2-4-28(5-3-26)36-35(37(40)50)38-41-33-11-10-32(24-29(33)14-19-48(38)43-36)46-22-20-44(21-23-46)25-27-12-16-45(17-13-27)30-6-8-31(9-7-30)47-18-15-34(49)42-39(47)51/h2-11,24,27,41H,12-23,25H2,1H3,(H2,40,50)(H,42,49,51). The van der Waals surface area contributed by atoms with Gasteiger partial charge in [-0.1, -0.05) is 29.8 Å². The molecule has 4 aromatic rings. The van der Waals surface area contributed by atoms with E-state index in [2.05, 4.69) is 55.7 Å². The molecule has 12 heteroatoms. The van der Waals surface area contributed by atoms with Gasteiger partial charge in [-0.25, -0.2) is 9.48 Å². The van der Waals surface area contributed by atoms with E-state index in [1.54, 1.807) is 4.90 Å². The minimum atomic E-state index is -0.486. The molecule has 0 radical (unpaired) electrons. The van der Waals surface area contributed by atoms with Gasteiger partial charge in [0.05, 0.1) is 0 Å². The molecule has 3 saturated heterocycles. The Labute approximate surface area is 298 Å². The third kappa shape index (κ3) is 6.75. The number of hydrogen-bond donors (Lipinski definition) is 3. The zero-order valence-electron chi connectivity index (χ0n) is 29.1. The van der Waals surface area contributed by atoms with Crippen molar-refractivity contribution < 1.29 is 14.4 Å². The predicted octanol–water partition coefficient (Wildman–Crippen LogP) is 4.74. The molecule has 1 aromatic heterocycles. The quantitative estimate of drug-likeness (QED) is 0.254. The zero-order chi connectivity index (χ0) is 35.1. The van der Waals surface area contributed by atoms with Crippen LogP contribution in [-0.4, -0.2) is 84.9 Å². The summed E-state index contributed by atoms with van der Waals surface area (Å²) < 4.78 is 1.89. The Kier molecular flexibility index (Phi) is 8.85. The number of aromatic nitrogens is 2. The van der Waals surface area contributed by atoms with Gasteiger partial charge in [0.2, 0.25) is 5.91 Å². The van der Waals surface area contributed by atoms with Crippen molar-refractivity contribution >= 4 is 46.4 Å². The van der Waals surface area contributed by atoms with Crippen molar-refractivity contribution in [2.24, 2.45) is 11.7 Å². The number of primary amides is 1. The number of hydrogen-bond acceptors (Lipinski definition) is 8. The van der Waals surface area contributed by atoms with Gasteiger partial charge in [0.15, 0.2) is 0 Å². The number of amides is 4. The Bertz CT molecular complexity index is 1940. The summed E-state index contributed by atoms with van der Waals surface area (Å²) in [5.41, 5.74) is 14.4. The Hall–Kier alpha value is -5.36. The lowest BCUT2D eigenvalue weighted by Gasteiger charge is -2.40. The maximum Gasteiger partial charge on any atom is 0.328 e. The number of nitrogens with one attached hydrogen (secondary N) is 2. The van der Waals surface area contributed by atoms with Crippen LogP contribution >= 0.6 is 0 Å². The Morgan fingerprint density at radius 3 is 2.18 bits per heavy atom. The molecule has 0 unspecified atom stereocenters. The molecule has 0 bridgehead atoms. The number of carbonyl (C=O) groups is 3. The average Bonchev–Trinajstić information content (AvgIpc) is 3.40. The molecular weight excluding hydrogens is 642 g/mol. The van der Waals surface area contributed by atoms with Gasteiger partial charge in [0.25, 0.3) is 5.91 Å². The number of imide groups is 1. The Balaban J connectivity index is 0.839. The number of piperidine rings is 1. The molecule has 8 rings (SSSR count). The summed E-state index contributed by atoms with van der Waals surface area (Å²) in [6.45, 7) is 10.4. The number of urea groups is 1. The van der Waals surface area contributed by atoms with Crippen molar-refractivity contribution in [3.05, 3.63) is 83.4 Å². The summed E-state index contributed by atoms with van der Waals surface area (Å²) in [4.78, 5) is 45.6. The van der Waals surface area contributed by atoms with Crippen molar-refractivity contribution in [1.82, 2.24) is 20.0 Å². The Morgan fingerprint density at radius 2 is 1.47 bits per heavy atom. The third-order valence-electron chi connectivity index (χ3n) is 10.9. The largest absolute Gasteiger partial charge is 0.372 e. The summed E-state index contributed by atoms with van der Waals surface area (Å²) in [5, 5.41) is 10.7. The third-order valence-corrected chi connectivity index (χ3v) is 10.9. The van der Waals surface area contributed by atoms with E-state index in [-0.39, 0.29) is 11.9 Å². The fraction of sp³-hybridized carbons (Fsp3) is 0.385. The van der Waals surface area contributed by atoms with E-state index in [4.69, 9.17) is 10.8 Å². The van der Waals surface area contributed by atoms with Gasteiger partial charge < -0.3 is 20.9 Å². The van der Waals surface area contributed by atoms with E-state index in [0.717, 1.165) is 87.6 Å². The topological polar surface area (TPSA) is 132 Å². The van der Waals surface area contributed by atoms with Crippen LogP contribution < -0.4 is 31.1 Å². The number of nitrogens with two attached hydrogens (primary N) is 1. The lowest BCUT2D eigenvalue weighted by molar-refractivity contribution is -0.120. The smallest absolute Gasteiger partial charge is 0.328 e. The molecule has 51 heavy (non-hydrogen) atoms. The molecule has 4 N–H and O–H groups in total. The number of fused-ring (bicyclic) bond motifs is 2. The first-order chi connectivity index (χ1) is 24.8. The number of piperazine rings is 1. The lowest BCUT2D eigenvalue weighted by Crippen LogP contribution is -2.49. The van der Waals surface area contributed by atoms with E-state index in [1.807, 2.05) is 48.0 Å². The number of aryl methyl sites for hydroxylation is 3. The summed E-state index contributed by atoms with van der Waals surface area (Å²) in [5.74, 6) is 0.639. The van der Waals surface area contributed by atoms with Gasteiger partial charge >= 0.3 is 6.03 Å². The molecule has 3 fully saturated rings. The van der Waals surface area contributed by atoms with Crippen LogP contribution in [0.5, 0.6) is 0 Å². The fourth-order valence-electron chi connectivity index (χ4n) is 7.94. The summed E-state index contributed by atoms with van der Waals surface area (Å²) in [6, 6.07) is 22.4. The number of nitrogens with zero attached hydrogens (tertiary/aromatic N) is 6. The summed E-state index contributed by atoms with van der Waals surface area (Å²) >= 11 is 0. The highest BCUT2D eigenvalue weighted by Gasteiger charge is 2.29. The van der Waals surface area contributed by atoms with E-state index < -0.39 is 5.91 Å². The minimum Gasteiger partial charge on any atom is -0.372 e. The Morgan fingerprint density at radius 1 is 0.784 bits per heavy atom. The first-order valence-electron chi connectivity index (χ1n) is 18.1. The van der Waals surface area contributed by atoms with Gasteiger partial charge in [-0.05, 0) is 80.1 Å². The van der Waals surface area contributed by atoms with Crippen LogP contribution in [0.25, 0.3) is 11.3 Å². The molecule has 0 aliphatic carbocycles. The van der Waals surface area contributed by atoms with Gasteiger partial charge in [-0.2, -0.15) is 5.10 Å². The average molecular weight is 688 g/mol. The molecule has 0 spiro atoms. The van der Waals surface area contributed by atoms with E-state index >= 15 is 0 Å². The van der Waals surface area contributed by atoms with Crippen LogP contribution in [-0.2, 0) is 17.8 Å². The SMILES string of the molecule is Cc1ccc(-c2nn3c(c2C(N)=O)Nc2ccc(N4CCN(CC5CCN(c6ccc(N7CCC(=O)NC7=O)cc6)CC5)CC4)cc2CC3)cc1. The van der Waals surface area contributed by atoms with Crippen molar-refractivity contribution in [2.45, 2.75) is 39.2 Å². The van der Waals surface area contributed by atoms with E-state index in [1.165, 1.54) is 16.9 Å². The molecule has 264 valence electrons. The van der Waals surface area contributed by atoms with Crippen LogP contribution in [0.3, 0.4) is 0 Å². The molecule has 3 aromatic carbocycles. The van der Waals surface area contributed by atoms with Crippen LogP contribution in [0, 0.1) is 12.8 Å². The second kappa shape index (κ2) is 13.7. The minimum absolute atomic E-state index is 0.216. The molecule has 0 atom stereocenters. The molecule has 4 aliphatic heterocycles. The highest BCUT2D eigenvalue weighted by atomic mass is 16.2. The number of rotatable bonds is 7. The molecular formula is C39H45N9O3. The molecule has 5 heterocycles. The van der Waals surface area contributed by atoms with Crippen LogP contribution in [0.4, 0.5) is 33.4 Å². The normalized spacial score (nSPS) is 18.5. The monoisotopic (exact) mass is 687 g/mol. The van der Waals surface area contributed by atoms with Crippen molar-refractivity contribution in [2.75, 3.05) is 72.4 Å². The number of anilines is 5. The second-order valence-electron chi connectivity index (χ2n) is 14.2. The fourth-order valence-corrected chi connectivity index (χ4v) is 7.94. The van der Waals surface area contributed by atoms with Gasteiger partial charge in [0, 0.05) is 93.6 Å². The lowest BCUT2D eigenvalue weighted by atomic mass is 9.95. The highest BCUT2D eigenvalue weighted by Crippen LogP contribution is 2.36. The second-order valence-corrected chi connectivity index (χ2v) is 14.2. The number of benzene rings is 3. The number of carbonyl (C=O) groups excluding carboxylic acids is 3.